The van der Waals surface area contributed by atoms with E-state index in [1.807, 2.05) is 6.92 Å². The Labute approximate surface area is 70.6 Å². The Morgan fingerprint density at radius 1 is 1.67 bits per heavy atom. The molecule has 0 radical (unpaired) electrons. The molecule has 1 rings (SSSR count). The number of nitrogens with zero attached hydrogens (tertiary/aromatic N) is 1. The molecule has 0 saturated heterocycles. The zero-order chi connectivity index (χ0) is 9.14. The normalized spacial score (nSPS) is 12.9. The molecule has 1 aromatic rings. The summed E-state index contributed by atoms with van der Waals surface area (Å²) in [5, 5.41) is 0. The molecule has 12 heavy (non-hydrogen) atoms. The van der Waals surface area contributed by atoms with Gasteiger partial charge in [0.1, 0.15) is 0 Å². The number of nitrogen functional groups attached to an aromatic ring is 1. The monoisotopic (exact) mass is 169 g/mol. The second kappa shape index (κ2) is 3.49. The SMILES string of the molecule is CC[C@@H](N)c1cnc(F)c(N)c1. The third-order valence-electron chi connectivity index (χ3n) is 1.76. The lowest BCUT2D eigenvalue weighted by Crippen LogP contribution is -2.10. The van der Waals surface area contributed by atoms with Crippen molar-refractivity contribution in [1.82, 2.24) is 4.98 Å². The minimum absolute atomic E-state index is 0.0522. The highest BCUT2D eigenvalue weighted by atomic mass is 19.1. The van der Waals surface area contributed by atoms with Gasteiger partial charge in [0.2, 0.25) is 5.95 Å². The van der Waals surface area contributed by atoms with Gasteiger partial charge in [-0.3, -0.25) is 0 Å². The molecule has 1 atom stereocenters. The van der Waals surface area contributed by atoms with Crippen LogP contribution in [0.5, 0.6) is 0 Å². The largest absolute Gasteiger partial charge is 0.395 e. The molecular weight excluding hydrogens is 157 g/mol. The lowest BCUT2D eigenvalue weighted by molar-refractivity contribution is 0.583. The number of nitrogens with two attached hydrogens (primary N) is 2. The van der Waals surface area contributed by atoms with Gasteiger partial charge in [0.25, 0.3) is 0 Å². The summed E-state index contributed by atoms with van der Waals surface area (Å²) in [6.45, 7) is 1.95. The van der Waals surface area contributed by atoms with Gasteiger partial charge < -0.3 is 11.5 Å². The van der Waals surface area contributed by atoms with E-state index in [1.165, 1.54) is 12.3 Å². The average Bonchev–Trinajstić information content (AvgIpc) is 2.08. The van der Waals surface area contributed by atoms with Crippen LogP contribution in [0.15, 0.2) is 12.3 Å². The van der Waals surface area contributed by atoms with Crippen molar-refractivity contribution in [3.8, 4) is 0 Å². The molecule has 0 aliphatic rings. The van der Waals surface area contributed by atoms with Gasteiger partial charge >= 0.3 is 0 Å². The molecule has 0 fully saturated rings. The fourth-order valence-electron chi connectivity index (χ4n) is 0.921. The first-order valence-electron chi connectivity index (χ1n) is 3.81. The highest BCUT2D eigenvalue weighted by Gasteiger charge is 2.06. The zero-order valence-electron chi connectivity index (χ0n) is 6.92. The number of hydrogen-bond acceptors (Lipinski definition) is 3. The first-order chi connectivity index (χ1) is 5.65. The van der Waals surface area contributed by atoms with Crippen LogP contribution in [0.3, 0.4) is 0 Å². The highest BCUT2D eigenvalue weighted by Crippen LogP contribution is 2.16. The number of pyridine rings is 1. The van der Waals surface area contributed by atoms with Gasteiger partial charge in [0.15, 0.2) is 0 Å². The van der Waals surface area contributed by atoms with Crippen molar-refractivity contribution < 1.29 is 4.39 Å². The molecule has 0 unspecified atom stereocenters. The van der Waals surface area contributed by atoms with Gasteiger partial charge in [-0.1, -0.05) is 6.92 Å². The first-order valence-corrected chi connectivity index (χ1v) is 3.81. The zero-order valence-corrected chi connectivity index (χ0v) is 6.92. The summed E-state index contributed by atoms with van der Waals surface area (Å²) in [5.41, 5.74) is 11.8. The molecule has 4 N–H and O–H groups in total. The van der Waals surface area contributed by atoms with E-state index in [9.17, 15) is 4.39 Å². The van der Waals surface area contributed by atoms with Crippen LogP contribution in [0.1, 0.15) is 24.9 Å². The second-order valence-electron chi connectivity index (χ2n) is 2.66. The van der Waals surface area contributed by atoms with Crippen molar-refractivity contribution in [2.45, 2.75) is 19.4 Å². The van der Waals surface area contributed by atoms with Crippen LogP contribution in [0.4, 0.5) is 10.1 Å². The molecule has 0 spiro atoms. The van der Waals surface area contributed by atoms with Gasteiger partial charge in [-0.2, -0.15) is 4.39 Å². The van der Waals surface area contributed by atoms with Crippen molar-refractivity contribution in [3.05, 3.63) is 23.8 Å². The molecule has 66 valence electrons. The Morgan fingerprint density at radius 3 is 2.83 bits per heavy atom. The molecule has 0 amide bonds. The number of rotatable bonds is 2. The molecule has 1 heterocycles. The maximum absolute atomic E-state index is 12.6. The minimum Gasteiger partial charge on any atom is -0.395 e. The van der Waals surface area contributed by atoms with E-state index < -0.39 is 5.95 Å². The summed E-state index contributed by atoms with van der Waals surface area (Å²) in [5.74, 6) is -0.637. The Morgan fingerprint density at radius 2 is 2.33 bits per heavy atom. The van der Waals surface area contributed by atoms with Crippen molar-refractivity contribution in [3.63, 3.8) is 0 Å². The summed E-state index contributed by atoms with van der Waals surface area (Å²) < 4.78 is 12.6. The summed E-state index contributed by atoms with van der Waals surface area (Å²) in [7, 11) is 0. The van der Waals surface area contributed by atoms with Crippen molar-refractivity contribution in [1.29, 1.82) is 0 Å². The van der Waals surface area contributed by atoms with Crippen LogP contribution in [0, 0.1) is 5.95 Å². The average molecular weight is 169 g/mol. The van der Waals surface area contributed by atoms with Crippen LogP contribution in [-0.4, -0.2) is 4.98 Å². The molecule has 0 saturated carbocycles. The van der Waals surface area contributed by atoms with E-state index >= 15 is 0 Å². The molecule has 1 aromatic heterocycles. The Balaban J connectivity index is 2.96. The van der Waals surface area contributed by atoms with Crippen LogP contribution in [0.25, 0.3) is 0 Å². The Kier molecular flexibility index (Phi) is 2.60. The predicted molar refractivity (Wildman–Crippen MR) is 45.8 cm³/mol. The van der Waals surface area contributed by atoms with E-state index in [-0.39, 0.29) is 11.7 Å². The van der Waals surface area contributed by atoms with Crippen molar-refractivity contribution in [2.75, 3.05) is 5.73 Å². The van der Waals surface area contributed by atoms with Crippen LogP contribution < -0.4 is 11.5 Å². The molecule has 0 aromatic carbocycles. The Bertz CT molecular complexity index is 275. The fourth-order valence-corrected chi connectivity index (χ4v) is 0.921. The van der Waals surface area contributed by atoms with Gasteiger partial charge in [-0.05, 0) is 18.1 Å². The van der Waals surface area contributed by atoms with Crippen molar-refractivity contribution >= 4 is 5.69 Å². The lowest BCUT2D eigenvalue weighted by atomic mass is 10.1. The summed E-state index contributed by atoms with van der Waals surface area (Å²) in [4.78, 5) is 3.48. The van der Waals surface area contributed by atoms with Crippen LogP contribution >= 0.6 is 0 Å². The number of hydrogen-bond donors (Lipinski definition) is 2. The minimum atomic E-state index is -0.637. The van der Waals surface area contributed by atoms with Crippen molar-refractivity contribution in [2.24, 2.45) is 5.73 Å². The maximum atomic E-state index is 12.6. The first kappa shape index (κ1) is 8.93. The summed E-state index contributed by atoms with van der Waals surface area (Å²) in [6, 6.07) is 1.41. The lowest BCUT2D eigenvalue weighted by Gasteiger charge is -2.08. The summed E-state index contributed by atoms with van der Waals surface area (Å²) >= 11 is 0. The predicted octanol–water partition coefficient (Wildman–Crippen LogP) is 1.21. The smallest absolute Gasteiger partial charge is 0.236 e. The molecule has 0 bridgehead atoms. The van der Waals surface area contributed by atoms with Gasteiger partial charge in [-0.15, -0.1) is 0 Å². The third-order valence-corrected chi connectivity index (χ3v) is 1.76. The fraction of sp³-hybridized carbons (Fsp3) is 0.375. The molecule has 0 aliphatic carbocycles. The van der Waals surface area contributed by atoms with E-state index in [2.05, 4.69) is 4.98 Å². The van der Waals surface area contributed by atoms with E-state index in [4.69, 9.17) is 11.5 Å². The highest BCUT2D eigenvalue weighted by molar-refractivity contribution is 5.39. The third kappa shape index (κ3) is 1.71. The quantitative estimate of drug-likeness (QED) is 0.654. The molecule has 4 heteroatoms. The molecular formula is C8H12FN3. The second-order valence-corrected chi connectivity index (χ2v) is 2.66. The van der Waals surface area contributed by atoms with E-state index in [1.54, 1.807) is 0 Å². The summed E-state index contributed by atoms with van der Waals surface area (Å²) in [6.07, 6.45) is 2.20. The van der Waals surface area contributed by atoms with Crippen LogP contribution in [0.2, 0.25) is 0 Å². The maximum Gasteiger partial charge on any atom is 0.236 e. The number of anilines is 1. The number of halogens is 1. The van der Waals surface area contributed by atoms with E-state index in [0.29, 0.717) is 0 Å². The van der Waals surface area contributed by atoms with Crippen LogP contribution in [-0.2, 0) is 0 Å². The number of aromatic nitrogens is 1. The van der Waals surface area contributed by atoms with E-state index in [0.717, 1.165) is 12.0 Å². The van der Waals surface area contributed by atoms with Gasteiger partial charge in [-0.25, -0.2) is 4.98 Å². The Hall–Kier alpha value is -1.16. The molecule has 0 aliphatic heterocycles. The topological polar surface area (TPSA) is 64.9 Å². The van der Waals surface area contributed by atoms with Gasteiger partial charge in [0, 0.05) is 12.2 Å². The van der Waals surface area contributed by atoms with Gasteiger partial charge in [0.05, 0.1) is 5.69 Å². The standard InChI is InChI=1S/C8H12FN3/c1-2-6(10)5-3-7(11)8(9)12-4-5/h3-4,6H,2,10-11H2,1H3/t6-/m1/s1. The molecule has 3 nitrogen and oxygen atoms in total.